The minimum Gasteiger partial charge on any atom is -0.477 e. The molecule has 2 rings (SSSR count). The van der Waals surface area contributed by atoms with Crippen molar-refractivity contribution >= 4 is 11.9 Å². The summed E-state index contributed by atoms with van der Waals surface area (Å²) < 4.78 is 0. The Labute approximate surface area is 87.0 Å². The first kappa shape index (κ1) is 10.2. The molecule has 0 unspecified atom stereocenters. The van der Waals surface area contributed by atoms with E-state index in [1.54, 1.807) is 13.0 Å². The highest BCUT2D eigenvalue weighted by Gasteiger charge is 2.57. The first-order chi connectivity index (χ1) is 6.95. The molecule has 0 saturated carbocycles. The van der Waals surface area contributed by atoms with Gasteiger partial charge in [-0.25, -0.2) is 4.79 Å². The number of aliphatic hydroxyl groups is 1. The number of amides is 1. The Kier molecular flexibility index (Phi) is 2.08. The summed E-state index contributed by atoms with van der Waals surface area (Å²) >= 11 is 0. The molecular formula is C10H13NO4. The molecule has 0 radical (unpaired) electrons. The van der Waals surface area contributed by atoms with E-state index in [9.17, 15) is 14.7 Å². The molecule has 0 aromatic carbocycles. The lowest BCUT2D eigenvalue weighted by Gasteiger charge is -2.46. The summed E-state index contributed by atoms with van der Waals surface area (Å²) in [5.74, 6) is -1.82. The van der Waals surface area contributed by atoms with Crippen molar-refractivity contribution in [2.75, 3.05) is 0 Å². The van der Waals surface area contributed by atoms with Crippen molar-refractivity contribution in [3.05, 3.63) is 11.8 Å². The molecule has 2 aliphatic rings. The minimum atomic E-state index is -1.08. The number of nitrogens with zero attached hydrogens (tertiary/aromatic N) is 1. The lowest BCUT2D eigenvalue weighted by Crippen LogP contribution is -2.63. The van der Waals surface area contributed by atoms with Crippen molar-refractivity contribution in [3.63, 3.8) is 0 Å². The molecule has 5 heteroatoms. The molecule has 2 heterocycles. The van der Waals surface area contributed by atoms with E-state index in [0.29, 0.717) is 0 Å². The van der Waals surface area contributed by atoms with Gasteiger partial charge in [-0.15, -0.1) is 0 Å². The first-order valence-corrected chi connectivity index (χ1v) is 4.91. The molecule has 0 aromatic rings. The van der Waals surface area contributed by atoms with Gasteiger partial charge in [-0.3, -0.25) is 4.79 Å². The largest absolute Gasteiger partial charge is 0.477 e. The van der Waals surface area contributed by atoms with Crippen molar-refractivity contribution < 1.29 is 19.8 Å². The van der Waals surface area contributed by atoms with Crippen molar-refractivity contribution in [2.45, 2.75) is 26.0 Å². The Morgan fingerprint density at radius 1 is 1.60 bits per heavy atom. The SMILES string of the molecule is C[C@@H](O)[C@H]1C(=O)N2C(C(=O)O)=C[C@H](C)[C@H]12. The quantitative estimate of drug-likeness (QED) is 0.621. The van der Waals surface area contributed by atoms with Crippen molar-refractivity contribution in [3.8, 4) is 0 Å². The number of hydrogen-bond donors (Lipinski definition) is 2. The van der Waals surface area contributed by atoms with Gasteiger partial charge in [0.05, 0.1) is 18.1 Å². The van der Waals surface area contributed by atoms with Gasteiger partial charge in [0, 0.05) is 0 Å². The van der Waals surface area contributed by atoms with Crippen LogP contribution in [0.4, 0.5) is 0 Å². The van der Waals surface area contributed by atoms with E-state index < -0.39 is 18.0 Å². The Bertz CT molecular complexity index is 360. The number of aliphatic hydroxyl groups excluding tert-OH is 1. The van der Waals surface area contributed by atoms with Crippen LogP contribution in [0.2, 0.25) is 0 Å². The summed E-state index contributed by atoms with van der Waals surface area (Å²) in [5, 5.41) is 18.3. The number of fused-ring (bicyclic) bond motifs is 1. The number of rotatable bonds is 2. The zero-order valence-corrected chi connectivity index (χ0v) is 8.54. The summed E-state index contributed by atoms with van der Waals surface area (Å²) in [6.45, 7) is 3.42. The molecule has 4 atom stereocenters. The fourth-order valence-corrected chi connectivity index (χ4v) is 2.47. The smallest absolute Gasteiger partial charge is 0.352 e. The van der Waals surface area contributed by atoms with Crippen LogP contribution in [0.3, 0.4) is 0 Å². The molecule has 2 N–H and O–H groups in total. The summed E-state index contributed by atoms with van der Waals surface area (Å²) in [5.41, 5.74) is 0.0504. The van der Waals surface area contributed by atoms with Crippen molar-refractivity contribution in [1.29, 1.82) is 0 Å². The number of carbonyl (C=O) groups excluding carboxylic acids is 1. The van der Waals surface area contributed by atoms with E-state index in [-0.39, 0.29) is 23.6 Å². The molecule has 2 aliphatic heterocycles. The maximum absolute atomic E-state index is 11.6. The summed E-state index contributed by atoms with van der Waals surface area (Å²) in [4.78, 5) is 23.7. The first-order valence-electron chi connectivity index (χ1n) is 4.91. The van der Waals surface area contributed by atoms with Gasteiger partial charge in [-0.2, -0.15) is 0 Å². The number of aliphatic carboxylic acids is 1. The average Bonchev–Trinajstić information content (AvgIpc) is 2.38. The Morgan fingerprint density at radius 3 is 2.67 bits per heavy atom. The van der Waals surface area contributed by atoms with Gasteiger partial charge in [0.1, 0.15) is 5.70 Å². The lowest BCUT2D eigenvalue weighted by molar-refractivity contribution is -0.163. The normalized spacial score (nSPS) is 35.7. The number of carboxylic acids is 1. The van der Waals surface area contributed by atoms with Gasteiger partial charge >= 0.3 is 5.97 Å². The molecule has 0 aromatic heterocycles. The van der Waals surface area contributed by atoms with E-state index >= 15 is 0 Å². The van der Waals surface area contributed by atoms with Crippen LogP contribution in [-0.2, 0) is 9.59 Å². The highest BCUT2D eigenvalue weighted by atomic mass is 16.4. The van der Waals surface area contributed by atoms with Crippen LogP contribution in [0.1, 0.15) is 13.8 Å². The molecule has 0 aliphatic carbocycles. The van der Waals surface area contributed by atoms with E-state index in [0.717, 1.165) is 0 Å². The molecule has 15 heavy (non-hydrogen) atoms. The summed E-state index contributed by atoms with van der Waals surface area (Å²) in [6.07, 6.45) is 0.857. The third-order valence-corrected chi connectivity index (χ3v) is 3.15. The minimum absolute atomic E-state index is 0.00611. The predicted molar refractivity (Wildman–Crippen MR) is 50.7 cm³/mol. The molecule has 1 fully saturated rings. The molecule has 82 valence electrons. The number of carbonyl (C=O) groups is 2. The highest BCUT2D eigenvalue weighted by Crippen LogP contribution is 2.43. The van der Waals surface area contributed by atoms with Crippen LogP contribution in [0.15, 0.2) is 11.8 Å². The van der Waals surface area contributed by atoms with E-state index in [1.165, 1.54) is 4.90 Å². The standard InChI is InChI=1S/C10H13NO4/c1-4-3-6(10(14)15)11-8(4)7(5(2)12)9(11)13/h3-5,7-8,12H,1-2H3,(H,14,15)/t4-,5+,7+,8+/m0/s1. The number of hydrogen-bond acceptors (Lipinski definition) is 3. The lowest BCUT2D eigenvalue weighted by atomic mass is 9.79. The van der Waals surface area contributed by atoms with E-state index in [4.69, 9.17) is 5.11 Å². The van der Waals surface area contributed by atoms with E-state index in [2.05, 4.69) is 0 Å². The fraction of sp³-hybridized carbons (Fsp3) is 0.600. The van der Waals surface area contributed by atoms with Crippen LogP contribution >= 0.6 is 0 Å². The van der Waals surface area contributed by atoms with Gasteiger partial charge in [0.2, 0.25) is 5.91 Å². The zero-order valence-electron chi connectivity index (χ0n) is 8.54. The fourth-order valence-electron chi connectivity index (χ4n) is 2.47. The molecule has 0 spiro atoms. The van der Waals surface area contributed by atoms with Gasteiger partial charge < -0.3 is 15.1 Å². The van der Waals surface area contributed by atoms with Crippen LogP contribution in [0, 0.1) is 11.8 Å². The second kappa shape index (κ2) is 3.06. The van der Waals surface area contributed by atoms with Crippen molar-refractivity contribution in [1.82, 2.24) is 4.90 Å². The third-order valence-electron chi connectivity index (χ3n) is 3.15. The Morgan fingerprint density at radius 2 is 2.20 bits per heavy atom. The highest BCUT2D eigenvalue weighted by molar-refractivity contribution is 5.99. The van der Waals surface area contributed by atoms with Crippen LogP contribution in [0.25, 0.3) is 0 Å². The third kappa shape index (κ3) is 1.19. The molecule has 1 saturated heterocycles. The topological polar surface area (TPSA) is 77.8 Å². The van der Waals surface area contributed by atoms with Gasteiger partial charge in [-0.1, -0.05) is 6.92 Å². The van der Waals surface area contributed by atoms with Gasteiger partial charge in [0.15, 0.2) is 0 Å². The predicted octanol–water partition coefficient (Wildman–Crippen LogP) is -0.188. The Hall–Kier alpha value is -1.36. The molecule has 1 amide bonds. The zero-order chi connectivity index (χ0) is 11.3. The van der Waals surface area contributed by atoms with E-state index in [1.807, 2.05) is 6.92 Å². The summed E-state index contributed by atoms with van der Waals surface area (Å²) in [6, 6.07) is -0.177. The van der Waals surface area contributed by atoms with Gasteiger partial charge in [-0.05, 0) is 18.9 Å². The number of β-lactam (4-membered cyclic amide) rings is 1. The second-order valence-electron chi connectivity index (χ2n) is 4.18. The average molecular weight is 211 g/mol. The van der Waals surface area contributed by atoms with Crippen LogP contribution in [-0.4, -0.2) is 39.1 Å². The molecular weight excluding hydrogens is 198 g/mol. The Balaban J connectivity index is 2.26. The summed E-state index contributed by atoms with van der Waals surface area (Å²) in [7, 11) is 0. The number of carboxylic acid groups (broad SMARTS) is 1. The van der Waals surface area contributed by atoms with Crippen LogP contribution < -0.4 is 0 Å². The molecule has 5 nitrogen and oxygen atoms in total. The maximum Gasteiger partial charge on any atom is 0.352 e. The van der Waals surface area contributed by atoms with Crippen molar-refractivity contribution in [2.24, 2.45) is 11.8 Å². The second-order valence-corrected chi connectivity index (χ2v) is 4.18. The maximum atomic E-state index is 11.6. The monoisotopic (exact) mass is 211 g/mol. The van der Waals surface area contributed by atoms with Gasteiger partial charge in [0.25, 0.3) is 0 Å². The molecule has 0 bridgehead atoms. The van der Waals surface area contributed by atoms with Crippen LogP contribution in [0.5, 0.6) is 0 Å².